The van der Waals surface area contributed by atoms with Crippen molar-refractivity contribution in [2.75, 3.05) is 29.5 Å². The van der Waals surface area contributed by atoms with Gasteiger partial charge in [-0.2, -0.15) is 11.8 Å². The third-order valence-corrected chi connectivity index (χ3v) is 6.05. The van der Waals surface area contributed by atoms with Gasteiger partial charge in [-0.05, 0) is 42.8 Å². The van der Waals surface area contributed by atoms with Crippen molar-refractivity contribution >= 4 is 45.9 Å². The third-order valence-electron chi connectivity index (χ3n) is 4.87. The van der Waals surface area contributed by atoms with Crippen molar-refractivity contribution in [3.05, 3.63) is 64.4 Å². The molecule has 140 valence electrons. The van der Waals surface area contributed by atoms with Gasteiger partial charge in [-0.3, -0.25) is 4.79 Å². The average Bonchev–Trinajstić information content (AvgIpc) is 3.03. The first-order valence-electron chi connectivity index (χ1n) is 9.00. The maximum absolute atomic E-state index is 12.6. The highest BCUT2D eigenvalue weighted by Crippen LogP contribution is 2.28. The number of benzene rings is 2. The molecule has 3 aromatic rings. The quantitative estimate of drug-likeness (QED) is 0.678. The zero-order chi connectivity index (χ0) is 18.8. The lowest BCUT2D eigenvalue weighted by Gasteiger charge is -2.28. The van der Waals surface area contributed by atoms with Crippen LogP contribution in [0.25, 0.3) is 11.0 Å². The van der Waals surface area contributed by atoms with E-state index in [0.717, 1.165) is 29.6 Å². The Labute approximate surface area is 167 Å². The van der Waals surface area contributed by atoms with E-state index in [1.807, 2.05) is 24.8 Å². The maximum Gasteiger partial charge on any atom is 0.287 e. The number of aryl methyl sites for hydroxylation is 1. The minimum Gasteiger partial charge on any atom is -0.451 e. The van der Waals surface area contributed by atoms with Crippen LogP contribution in [0.1, 0.15) is 21.7 Å². The molecule has 4 nitrogen and oxygen atoms in total. The number of amides is 1. The molecule has 0 bridgehead atoms. The molecule has 2 aromatic carbocycles. The van der Waals surface area contributed by atoms with E-state index in [0.29, 0.717) is 22.9 Å². The highest BCUT2D eigenvalue weighted by atomic mass is 35.5. The van der Waals surface area contributed by atoms with E-state index in [2.05, 4.69) is 34.5 Å². The molecule has 0 saturated carbocycles. The van der Waals surface area contributed by atoms with Crippen LogP contribution in [-0.4, -0.2) is 30.5 Å². The lowest BCUT2D eigenvalue weighted by Crippen LogP contribution is -2.32. The summed E-state index contributed by atoms with van der Waals surface area (Å²) >= 11 is 8.05. The molecule has 1 aliphatic heterocycles. The smallest absolute Gasteiger partial charge is 0.287 e. The molecule has 0 atom stereocenters. The molecular weight excluding hydrogens is 380 g/mol. The van der Waals surface area contributed by atoms with Crippen molar-refractivity contribution in [3.8, 4) is 0 Å². The highest BCUT2D eigenvalue weighted by molar-refractivity contribution is 7.99. The molecule has 1 aromatic heterocycles. The number of halogens is 1. The summed E-state index contributed by atoms with van der Waals surface area (Å²) in [4.78, 5) is 15.0. The van der Waals surface area contributed by atoms with Crippen LogP contribution < -0.4 is 10.2 Å². The molecule has 1 N–H and O–H groups in total. The first-order valence-corrected chi connectivity index (χ1v) is 10.5. The van der Waals surface area contributed by atoms with Crippen molar-refractivity contribution in [1.29, 1.82) is 0 Å². The first-order chi connectivity index (χ1) is 13.1. The number of nitrogens with one attached hydrogen (secondary N) is 1. The van der Waals surface area contributed by atoms with Crippen LogP contribution in [0, 0.1) is 6.92 Å². The molecule has 1 saturated heterocycles. The number of carbonyl (C=O) groups excluding carboxylic acids is 1. The number of hydrogen-bond donors (Lipinski definition) is 1. The van der Waals surface area contributed by atoms with Crippen LogP contribution >= 0.6 is 23.4 Å². The van der Waals surface area contributed by atoms with Crippen molar-refractivity contribution < 1.29 is 9.21 Å². The molecule has 0 unspecified atom stereocenters. The number of fused-ring (bicyclic) bond motifs is 1. The van der Waals surface area contributed by atoms with E-state index in [1.54, 1.807) is 12.1 Å². The predicted octanol–water partition coefficient (Wildman–Crippen LogP) is 4.88. The van der Waals surface area contributed by atoms with Gasteiger partial charge in [0.1, 0.15) is 5.58 Å². The van der Waals surface area contributed by atoms with Gasteiger partial charge < -0.3 is 14.6 Å². The van der Waals surface area contributed by atoms with Crippen LogP contribution in [0.5, 0.6) is 0 Å². The van der Waals surface area contributed by atoms with Gasteiger partial charge >= 0.3 is 0 Å². The van der Waals surface area contributed by atoms with Crippen molar-refractivity contribution in [1.82, 2.24) is 5.32 Å². The Hall–Kier alpha value is -2.11. The summed E-state index contributed by atoms with van der Waals surface area (Å²) in [6.07, 6.45) is 0. The highest BCUT2D eigenvalue weighted by Gasteiger charge is 2.17. The van der Waals surface area contributed by atoms with Crippen LogP contribution in [-0.2, 0) is 6.54 Å². The number of rotatable bonds is 4. The molecule has 1 aliphatic rings. The summed E-state index contributed by atoms with van der Waals surface area (Å²) in [6, 6.07) is 13.8. The van der Waals surface area contributed by atoms with Crippen LogP contribution in [0.3, 0.4) is 0 Å². The fourth-order valence-electron chi connectivity index (χ4n) is 3.32. The summed E-state index contributed by atoms with van der Waals surface area (Å²) in [7, 11) is 0. The molecule has 1 amide bonds. The number of furan rings is 1. The number of carbonyl (C=O) groups is 1. The lowest BCUT2D eigenvalue weighted by molar-refractivity contribution is 0.0924. The Bertz CT molecular complexity index is 962. The van der Waals surface area contributed by atoms with E-state index in [4.69, 9.17) is 16.0 Å². The average molecular weight is 401 g/mol. The topological polar surface area (TPSA) is 45.5 Å². The zero-order valence-corrected chi connectivity index (χ0v) is 16.7. The maximum atomic E-state index is 12.6. The third kappa shape index (κ3) is 3.94. The van der Waals surface area contributed by atoms with Gasteiger partial charge in [0.15, 0.2) is 5.76 Å². The molecule has 1 fully saturated rings. The van der Waals surface area contributed by atoms with E-state index >= 15 is 0 Å². The summed E-state index contributed by atoms with van der Waals surface area (Å²) in [5.74, 6) is 2.49. The molecule has 2 heterocycles. The minimum absolute atomic E-state index is 0.211. The number of hydrogen-bond acceptors (Lipinski definition) is 4. The van der Waals surface area contributed by atoms with E-state index in [1.165, 1.54) is 17.2 Å². The predicted molar refractivity (Wildman–Crippen MR) is 113 cm³/mol. The largest absolute Gasteiger partial charge is 0.451 e. The fraction of sp³-hybridized carbons (Fsp3) is 0.286. The summed E-state index contributed by atoms with van der Waals surface area (Å²) in [5.41, 5.74) is 3.79. The van der Waals surface area contributed by atoms with E-state index in [-0.39, 0.29) is 5.91 Å². The van der Waals surface area contributed by atoms with Gasteiger partial charge in [0.05, 0.1) is 0 Å². The Balaban J connectivity index is 1.42. The van der Waals surface area contributed by atoms with Gasteiger partial charge in [-0.15, -0.1) is 0 Å². The normalized spacial score (nSPS) is 14.5. The fourth-order valence-corrected chi connectivity index (χ4v) is 4.39. The molecule has 0 spiro atoms. The number of anilines is 1. The molecular formula is C21H21ClN2O2S. The second-order valence-electron chi connectivity index (χ2n) is 6.65. The molecule has 0 radical (unpaired) electrons. The van der Waals surface area contributed by atoms with Gasteiger partial charge in [-0.25, -0.2) is 0 Å². The Morgan fingerprint density at radius 3 is 2.67 bits per heavy atom. The summed E-state index contributed by atoms with van der Waals surface area (Å²) in [6.45, 7) is 4.53. The van der Waals surface area contributed by atoms with Crippen molar-refractivity contribution in [2.45, 2.75) is 13.5 Å². The van der Waals surface area contributed by atoms with E-state index in [9.17, 15) is 4.79 Å². The SMILES string of the molecule is Cc1c(C(=O)NCc2ccc(N3CCSCC3)cc2)oc2ccc(Cl)cc12. The number of nitrogens with zero attached hydrogens (tertiary/aromatic N) is 1. The van der Waals surface area contributed by atoms with Crippen LogP contribution in [0.4, 0.5) is 5.69 Å². The standard InChI is InChI=1S/C21H21ClN2O2S/c1-14-18-12-16(22)4-7-19(18)26-20(14)21(25)23-13-15-2-5-17(6-3-15)24-8-10-27-11-9-24/h2-7,12H,8-11,13H2,1H3,(H,23,25). The molecule has 27 heavy (non-hydrogen) atoms. The van der Waals surface area contributed by atoms with Gasteiger partial charge in [0, 0.05) is 52.8 Å². The van der Waals surface area contributed by atoms with Crippen LogP contribution in [0.15, 0.2) is 46.9 Å². The van der Waals surface area contributed by atoms with Gasteiger partial charge in [-0.1, -0.05) is 23.7 Å². The number of thioether (sulfide) groups is 1. The first kappa shape index (κ1) is 18.3. The van der Waals surface area contributed by atoms with Crippen LogP contribution in [0.2, 0.25) is 5.02 Å². The minimum atomic E-state index is -0.211. The Morgan fingerprint density at radius 2 is 1.93 bits per heavy atom. The monoisotopic (exact) mass is 400 g/mol. The van der Waals surface area contributed by atoms with Crippen molar-refractivity contribution in [3.63, 3.8) is 0 Å². The van der Waals surface area contributed by atoms with Gasteiger partial charge in [0.2, 0.25) is 0 Å². The Kier molecular flexibility index (Phi) is 5.32. The second-order valence-corrected chi connectivity index (χ2v) is 8.31. The molecule has 0 aliphatic carbocycles. The second kappa shape index (κ2) is 7.87. The zero-order valence-electron chi connectivity index (χ0n) is 15.1. The summed E-state index contributed by atoms with van der Waals surface area (Å²) < 4.78 is 5.72. The molecule has 4 rings (SSSR count). The molecule has 6 heteroatoms. The Morgan fingerprint density at radius 1 is 1.19 bits per heavy atom. The van der Waals surface area contributed by atoms with Crippen molar-refractivity contribution in [2.24, 2.45) is 0 Å². The summed E-state index contributed by atoms with van der Waals surface area (Å²) in [5, 5.41) is 4.45. The van der Waals surface area contributed by atoms with E-state index < -0.39 is 0 Å². The lowest BCUT2D eigenvalue weighted by atomic mass is 10.1. The van der Waals surface area contributed by atoms with Gasteiger partial charge in [0.25, 0.3) is 5.91 Å².